The van der Waals surface area contributed by atoms with Crippen molar-refractivity contribution in [1.29, 1.82) is 0 Å². The van der Waals surface area contributed by atoms with E-state index in [1.165, 1.54) is 0 Å². The average Bonchev–Trinajstić information content (AvgIpc) is 2.45. The zero-order chi connectivity index (χ0) is 15.0. The molecule has 2 aliphatic heterocycles. The Morgan fingerprint density at radius 1 is 1.19 bits per heavy atom. The molecule has 0 unspecified atom stereocenters. The first-order chi connectivity index (χ1) is 9.99. The van der Waals surface area contributed by atoms with Crippen LogP contribution in [-0.4, -0.2) is 41.9 Å². The molecule has 112 valence electrons. The lowest BCUT2D eigenvalue weighted by molar-refractivity contribution is -0.384. The number of benzene rings is 1. The maximum atomic E-state index is 11.3. The Morgan fingerprint density at radius 3 is 2.24 bits per heavy atom. The largest absolute Gasteiger partial charge is 0.371 e. The number of amides is 1. The number of nitro groups is 1. The lowest BCUT2D eigenvalue weighted by Gasteiger charge is -2.54. The highest BCUT2D eigenvalue weighted by Gasteiger charge is 2.45. The molecule has 21 heavy (non-hydrogen) atoms. The second-order valence-corrected chi connectivity index (χ2v) is 6.14. The summed E-state index contributed by atoms with van der Waals surface area (Å²) in [5, 5.41) is 10.7. The van der Waals surface area contributed by atoms with E-state index in [-0.39, 0.29) is 16.5 Å². The molecular weight excluding hydrogens is 270 g/mol. The van der Waals surface area contributed by atoms with E-state index in [4.69, 9.17) is 0 Å². The molecule has 6 heteroatoms. The highest BCUT2D eigenvalue weighted by Crippen LogP contribution is 2.41. The highest BCUT2D eigenvalue weighted by atomic mass is 16.6. The van der Waals surface area contributed by atoms with Crippen molar-refractivity contribution in [3.63, 3.8) is 0 Å². The van der Waals surface area contributed by atoms with Crippen LogP contribution in [-0.2, 0) is 4.79 Å². The van der Waals surface area contributed by atoms with Crippen molar-refractivity contribution in [2.75, 3.05) is 31.1 Å². The van der Waals surface area contributed by atoms with Crippen LogP contribution in [0.5, 0.6) is 0 Å². The van der Waals surface area contributed by atoms with Crippen LogP contribution in [0.4, 0.5) is 11.4 Å². The topological polar surface area (TPSA) is 66.7 Å². The molecule has 1 amide bonds. The van der Waals surface area contributed by atoms with Crippen LogP contribution >= 0.6 is 0 Å². The van der Waals surface area contributed by atoms with E-state index in [1.807, 2.05) is 17.0 Å². The zero-order valence-electron chi connectivity index (χ0n) is 12.1. The summed E-state index contributed by atoms with van der Waals surface area (Å²) >= 11 is 0. The molecule has 0 N–H and O–H groups in total. The number of rotatable bonds is 2. The SMILES string of the molecule is CC(=O)N1CC2(CCN(c3ccc([N+](=O)[O-])cc3)CC2)C1. The highest BCUT2D eigenvalue weighted by molar-refractivity contribution is 5.74. The minimum atomic E-state index is -0.375. The first-order valence-corrected chi connectivity index (χ1v) is 7.24. The van der Waals surface area contributed by atoms with Crippen LogP contribution in [0.3, 0.4) is 0 Å². The number of non-ortho nitro benzene ring substituents is 1. The van der Waals surface area contributed by atoms with Gasteiger partial charge in [0, 0.05) is 56.3 Å². The fraction of sp³-hybridized carbons (Fsp3) is 0.533. The van der Waals surface area contributed by atoms with E-state index >= 15 is 0 Å². The van der Waals surface area contributed by atoms with Crippen molar-refractivity contribution < 1.29 is 9.72 Å². The summed E-state index contributed by atoms with van der Waals surface area (Å²) in [6, 6.07) is 6.75. The van der Waals surface area contributed by atoms with E-state index in [9.17, 15) is 14.9 Å². The molecule has 1 aromatic rings. The summed E-state index contributed by atoms with van der Waals surface area (Å²) in [6.07, 6.45) is 2.15. The van der Waals surface area contributed by atoms with Crippen LogP contribution < -0.4 is 4.90 Å². The van der Waals surface area contributed by atoms with Crippen LogP contribution in [0, 0.1) is 15.5 Å². The fourth-order valence-electron chi connectivity index (χ4n) is 3.33. The van der Waals surface area contributed by atoms with Gasteiger partial charge in [-0.15, -0.1) is 0 Å². The molecule has 2 fully saturated rings. The number of carbonyl (C=O) groups excluding carboxylic acids is 1. The van der Waals surface area contributed by atoms with Gasteiger partial charge in [-0.1, -0.05) is 0 Å². The molecule has 3 rings (SSSR count). The Hall–Kier alpha value is -2.11. The molecule has 0 radical (unpaired) electrons. The fourth-order valence-corrected chi connectivity index (χ4v) is 3.33. The van der Waals surface area contributed by atoms with E-state index in [0.717, 1.165) is 44.7 Å². The summed E-state index contributed by atoms with van der Waals surface area (Å²) in [4.78, 5) is 25.7. The average molecular weight is 289 g/mol. The Balaban J connectivity index is 1.59. The first kappa shape index (κ1) is 13.9. The van der Waals surface area contributed by atoms with Crippen LogP contribution in [0.25, 0.3) is 0 Å². The minimum absolute atomic E-state index is 0.128. The predicted octanol–water partition coefficient (Wildman–Crippen LogP) is 2.04. The van der Waals surface area contributed by atoms with Gasteiger partial charge in [0.05, 0.1) is 4.92 Å². The third kappa shape index (κ3) is 2.57. The van der Waals surface area contributed by atoms with Crippen molar-refractivity contribution in [3.8, 4) is 0 Å². The number of hydrogen-bond acceptors (Lipinski definition) is 4. The summed E-state index contributed by atoms with van der Waals surface area (Å²) in [6.45, 7) is 5.29. The predicted molar refractivity (Wildman–Crippen MR) is 79.2 cm³/mol. The lowest BCUT2D eigenvalue weighted by atomic mass is 9.72. The van der Waals surface area contributed by atoms with Crippen molar-refractivity contribution in [3.05, 3.63) is 34.4 Å². The molecule has 1 spiro atoms. The summed E-state index contributed by atoms with van der Waals surface area (Å²) in [5.41, 5.74) is 1.48. The van der Waals surface area contributed by atoms with Crippen molar-refractivity contribution in [2.24, 2.45) is 5.41 Å². The van der Waals surface area contributed by atoms with Gasteiger partial charge in [0.25, 0.3) is 5.69 Å². The number of hydrogen-bond donors (Lipinski definition) is 0. The van der Waals surface area contributed by atoms with Gasteiger partial charge in [-0.25, -0.2) is 0 Å². The van der Waals surface area contributed by atoms with E-state index < -0.39 is 0 Å². The number of carbonyl (C=O) groups is 1. The Morgan fingerprint density at radius 2 is 1.76 bits per heavy atom. The van der Waals surface area contributed by atoms with Crippen molar-refractivity contribution in [2.45, 2.75) is 19.8 Å². The maximum absolute atomic E-state index is 11.3. The number of anilines is 1. The molecule has 2 heterocycles. The lowest BCUT2D eigenvalue weighted by Crippen LogP contribution is -2.61. The van der Waals surface area contributed by atoms with E-state index in [1.54, 1.807) is 19.1 Å². The first-order valence-electron chi connectivity index (χ1n) is 7.24. The van der Waals surface area contributed by atoms with Gasteiger partial charge in [-0.3, -0.25) is 14.9 Å². The Kier molecular flexibility index (Phi) is 3.31. The maximum Gasteiger partial charge on any atom is 0.269 e. The molecule has 2 aliphatic rings. The second-order valence-electron chi connectivity index (χ2n) is 6.14. The van der Waals surface area contributed by atoms with Gasteiger partial charge < -0.3 is 9.80 Å². The number of piperidine rings is 1. The Labute approximate surface area is 123 Å². The van der Waals surface area contributed by atoms with Crippen LogP contribution in [0.15, 0.2) is 24.3 Å². The van der Waals surface area contributed by atoms with Gasteiger partial charge >= 0.3 is 0 Å². The molecule has 6 nitrogen and oxygen atoms in total. The molecular formula is C15H19N3O3. The number of nitrogens with zero attached hydrogens (tertiary/aromatic N) is 3. The van der Waals surface area contributed by atoms with Gasteiger partial charge in [0.1, 0.15) is 0 Å². The standard InChI is InChI=1S/C15H19N3O3/c1-12(19)17-10-15(11-17)6-8-16(9-7-15)13-2-4-14(5-3-13)18(20)21/h2-5H,6-11H2,1H3. The molecule has 2 saturated heterocycles. The minimum Gasteiger partial charge on any atom is -0.371 e. The van der Waals surface area contributed by atoms with Gasteiger partial charge in [0.15, 0.2) is 0 Å². The van der Waals surface area contributed by atoms with Crippen LogP contribution in [0.2, 0.25) is 0 Å². The molecule has 0 atom stereocenters. The molecule has 0 saturated carbocycles. The number of likely N-dealkylation sites (tertiary alicyclic amines) is 1. The monoisotopic (exact) mass is 289 g/mol. The smallest absolute Gasteiger partial charge is 0.269 e. The quantitative estimate of drug-likeness (QED) is 0.617. The summed E-state index contributed by atoms with van der Waals surface area (Å²) in [5.74, 6) is 0.165. The second kappa shape index (κ2) is 5.02. The normalized spacial score (nSPS) is 20.2. The van der Waals surface area contributed by atoms with Crippen LogP contribution in [0.1, 0.15) is 19.8 Å². The Bertz CT molecular complexity index is 554. The number of nitro benzene ring substituents is 1. The van der Waals surface area contributed by atoms with Gasteiger partial charge in [0.2, 0.25) is 5.91 Å². The summed E-state index contributed by atoms with van der Waals surface area (Å²) in [7, 11) is 0. The zero-order valence-corrected chi connectivity index (χ0v) is 12.1. The third-order valence-electron chi connectivity index (χ3n) is 4.75. The van der Waals surface area contributed by atoms with Gasteiger partial charge in [-0.2, -0.15) is 0 Å². The molecule has 0 aliphatic carbocycles. The van der Waals surface area contributed by atoms with E-state index in [0.29, 0.717) is 5.41 Å². The van der Waals surface area contributed by atoms with E-state index in [2.05, 4.69) is 4.90 Å². The van der Waals surface area contributed by atoms with Gasteiger partial charge in [-0.05, 0) is 25.0 Å². The van der Waals surface area contributed by atoms with Crippen molar-refractivity contribution in [1.82, 2.24) is 4.90 Å². The molecule has 0 aromatic heterocycles. The molecule has 1 aromatic carbocycles. The molecule has 0 bridgehead atoms. The third-order valence-corrected chi connectivity index (χ3v) is 4.75. The summed E-state index contributed by atoms with van der Waals surface area (Å²) < 4.78 is 0. The van der Waals surface area contributed by atoms with Crippen molar-refractivity contribution >= 4 is 17.3 Å².